The molecule has 0 aliphatic heterocycles. The SMILES string of the molecule is CCCNc1ccnc(C2CCCc3ccccc32)n1. The summed E-state index contributed by atoms with van der Waals surface area (Å²) in [5.74, 6) is 2.25. The van der Waals surface area contributed by atoms with Crippen molar-refractivity contribution in [3.8, 4) is 0 Å². The van der Waals surface area contributed by atoms with Gasteiger partial charge >= 0.3 is 0 Å². The Kier molecular flexibility index (Phi) is 3.95. The average molecular weight is 267 g/mol. The van der Waals surface area contributed by atoms with Crippen molar-refractivity contribution in [3.05, 3.63) is 53.5 Å². The highest BCUT2D eigenvalue weighted by Crippen LogP contribution is 2.34. The lowest BCUT2D eigenvalue weighted by Crippen LogP contribution is -2.14. The predicted octanol–water partition coefficient (Wildman–Crippen LogP) is 3.77. The molecule has 20 heavy (non-hydrogen) atoms. The molecule has 1 aromatic carbocycles. The molecule has 1 aliphatic carbocycles. The number of nitrogens with one attached hydrogen (secondary N) is 1. The van der Waals surface area contributed by atoms with E-state index in [4.69, 9.17) is 4.98 Å². The third-order valence-electron chi connectivity index (χ3n) is 3.91. The van der Waals surface area contributed by atoms with Gasteiger partial charge in [-0.1, -0.05) is 31.2 Å². The minimum absolute atomic E-state index is 0.350. The van der Waals surface area contributed by atoms with Crippen LogP contribution in [0.2, 0.25) is 0 Å². The van der Waals surface area contributed by atoms with Crippen LogP contribution in [0.25, 0.3) is 0 Å². The fourth-order valence-corrected chi connectivity index (χ4v) is 2.92. The van der Waals surface area contributed by atoms with E-state index in [0.717, 1.165) is 31.0 Å². The van der Waals surface area contributed by atoms with Crippen LogP contribution in [0.4, 0.5) is 5.82 Å². The van der Waals surface area contributed by atoms with E-state index in [2.05, 4.69) is 41.5 Å². The normalized spacial score (nSPS) is 17.6. The quantitative estimate of drug-likeness (QED) is 0.916. The highest BCUT2D eigenvalue weighted by Gasteiger charge is 2.23. The summed E-state index contributed by atoms with van der Waals surface area (Å²) in [5.41, 5.74) is 2.87. The van der Waals surface area contributed by atoms with Gasteiger partial charge < -0.3 is 5.32 Å². The lowest BCUT2D eigenvalue weighted by molar-refractivity contribution is 0.590. The molecule has 3 heteroatoms. The molecule has 1 aromatic heterocycles. The molecular weight excluding hydrogens is 246 g/mol. The van der Waals surface area contributed by atoms with Crippen molar-refractivity contribution >= 4 is 5.82 Å². The van der Waals surface area contributed by atoms with E-state index >= 15 is 0 Å². The maximum absolute atomic E-state index is 4.71. The molecule has 3 nitrogen and oxygen atoms in total. The molecule has 1 N–H and O–H groups in total. The topological polar surface area (TPSA) is 37.8 Å². The Morgan fingerprint density at radius 1 is 1.25 bits per heavy atom. The molecule has 0 saturated heterocycles. The van der Waals surface area contributed by atoms with Crippen molar-refractivity contribution in [1.29, 1.82) is 0 Å². The summed E-state index contributed by atoms with van der Waals surface area (Å²) in [5, 5.41) is 3.35. The Morgan fingerprint density at radius 2 is 2.15 bits per heavy atom. The van der Waals surface area contributed by atoms with Gasteiger partial charge in [0.25, 0.3) is 0 Å². The molecule has 104 valence electrons. The average Bonchev–Trinajstić information content (AvgIpc) is 2.52. The predicted molar refractivity (Wildman–Crippen MR) is 82.0 cm³/mol. The second kappa shape index (κ2) is 6.04. The molecule has 1 unspecified atom stereocenters. The van der Waals surface area contributed by atoms with Crippen LogP contribution in [0.1, 0.15) is 49.1 Å². The molecule has 1 aliphatic rings. The highest BCUT2D eigenvalue weighted by molar-refractivity contribution is 5.39. The number of anilines is 1. The first-order valence-corrected chi connectivity index (χ1v) is 7.53. The fraction of sp³-hybridized carbons (Fsp3) is 0.412. The van der Waals surface area contributed by atoms with Crippen LogP contribution >= 0.6 is 0 Å². The first-order chi connectivity index (χ1) is 9.88. The summed E-state index contributed by atoms with van der Waals surface area (Å²) in [6, 6.07) is 10.7. The number of aryl methyl sites for hydroxylation is 1. The van der Waals surface area contributed by atoms with E-state index < -0.39 is 0 Å². The number of fused-ring (bicyclic) bond motifs is 1. The van der Waals surface area contributed by atoms with Crippen LogP contribution in [0.5, 0.6) is 0 Å². The second-order valence-electron chi connectivity index (χ2n) is 5.37. The van der Waals surface area contributed by atoms with Gasteiger partial charge in [0.1, 0.15) is 11.6 Å². The first-order valence-electron chi connectivity index (χ1n) is 7.53. The van der Waals surface area contributed by atoms with Gasteiger partial charge in [0, 0.05) is 18.7 Å². The van der Waals surface area contributed by atoms with Crippen LogP contribution in [0.3, 0.4) is 0 Å². The zero-order valence-corrected chi connectivity index (χ0v) is 12.0. The van der Waals surface area contributed by atoms with Gasteiger partial charge in [-0.3, -0.25) is 0 Å². The Bertz CT molecular complexity index is 580. The summed E-state index contributed by atoms with van der Waals surface area (Å²) in [6.45, 7) is 3.12. The van der Waals surface area contributed by atoms with Crippen molar-refractivity contribution in [2.75, 3.05) is 11.9 Å². The first kappa shape index (κ1) is 13.1. The molecule has 2 aromatic rings. The lowest BCUT2D eigenvalue weighted by atomic mass is 9.82. The maximum atomic E-state index is 4.71. The lowest BCUT2D eigenvalue weighted by Gasteiger charge is -2.24. The van der Waals surface area contributed by atoms with Crippen molar-refractivity contribution in [3.63, 3.8) is 0 Å². The largest absolute Gasteiger partial charge is 0.370 e. The number of nitrogens with zero attached hydrogens (tertiary/aromatic N) is 2. The van der Waals surface area contributed by atoms with E-state index in [1.54, 1.807) is 0 Å². The molecule has 0 amide bonds. The molecule has 1 atom stereocenters. The highest BCUT2D eigenvalue weighted by atomic mass is 15.0. The summed E-state index contributed by atoms with van der Waals surface area (Å²) < 4.78 is 0. The number of rotatable bonds is 4. The monoisotopic (exact) mass is 267 g/mol. The van der Waals surface area contributed by atoms with Gasteiger partial charge in [-0.2, -0.15) is 0 Å². The van der Waals surface area contributed by atoms with Crippen LogP contribution in [-0.2, 0) is 6.42 Å². The van der Waals surface area contributed by atoms with Crippen molar-refractivity contribution < 1.29 is 0 Å². The Balaban J connectivity index is 1.90. The molecule has 0 saturated carbocycles. The molecule has 1 heterocycles. The Morgan fingerprint density at radius 3 is 3.05 bits per heavy atom. The maximum Gasteiger partial charge on any atom is 0.138 e. The van der Waals surface area contributed by atoms with Crippen LogP contribution in [0.15, 0.2) is 36.5 Å². The molecule has 0 fully saturated rings. The van der Waals surface area contributed by atoms with Gasteiger partial charge in [-0.05, 0) is 42.9 Å². The van der Waals surface area contributed by atoms with Crippen molar-refractivity contribution in [1.82, 2.24) is 9.97 Å². The summed E-state index contributed by atoms with van der Waals surface area (Å²) in [6.07, 6.45) is 6.52. The van der Waals surface area contributed by atoms with Gasteiger partial charge in [0.15, 0.2) is 0 Å². The van der Waals surface area contributed by atoms with Gasteiger partial charge in [-0.15, -0.1) is 0 Å². The van der Waals surface area contributed by atoms with Gasteiger partial charge in [0.2, 0.25) is 0 Å². The second-order valence-corrected chi connectivity index (χ2v) is 5.37. The minimum atomic E-state index is 0.350. The van der Waals surface area contributed by atoms with E-state index in [1.807, 2.05) is 12.3 Å². The standard InChI is InChI=1S/C17H21N3/c1-2-11-18-16-10-12-19-17(20-16)15-9-5-7-13-6-3-4-8-14(13)15/h3-4,6,8,10,12,15H,2,5,7,9,11H2,1H3,(H,18,19,20). The fourth-order valence-electron chi connectivity index (χ4n) is 2.92. The van der Waals surface area contributed by atoms with Crippen LogP contribution in [-0.4, -0.2) is 16.5 Å². The summed E-state index contributed by atoms with van der Waals surface area (Å²) >= 11 is 0. The molecule has 0 bridgehead atoms. The van der Waals surface area contributed by atoms with E-state index in [1.165, 1.54) is 24.0 Å². The number of hydrogen-bond acceptors (Lipinski definition) is 3. The molecule has 3 rings (SSSR count). The van der Waals surface area contributed by atoms with Crippen LogP contribution < -0.4 is 5.32 Å². The number of benzene rings is 1. The third kappa shape index (κ3) is 2.67. The Labute approximate surface area is 120 Å². The molecule has 0 radical (unpaired) electrons. The van der Waals surface area contributed by atoms with Crippen LogP contribution in [0, 0.1) is 0 Å². The molecular formula is C17H21N3. The minimum Gasteiger partial charge on any atom is -0.370 e. The van der Waals surface area contributed by atoms with Gasteiger partial charge in [0.05, 0.1) is 0 Å². The van der Waals surface area contributed by atoms with Crippen molar-refractivity contribution in [2.45, 2.75) is 38.5 Å². The zero-order chi connectivity index (χ0) is 13.8. The van der Waals surface area contributed by atoms with Crippen molar-refractivity contribution in [2.24, 2.45) is 0 Å². The van der Waals surface area contributed by atoms with E-state index in [0.29, 0.717) is 5.92 Å². The number of aromatic nitrogens is 2. The summed E-state index contributed by atoms with van der Waals surface area (Å²) in [7, 11) is 0. The van der Waals surface area contributed by atoms with Gasteiger partial charge in [-0.25, -0.2) is 9.97 Å². The zero-order valence-electron chi connectivity index (χ0n) is 12.0. The van der Waals surface area contributed by atoms with E-state index in [-0.39, 0.29) is 0 Å². The smallest absolute Gasteiger partial charge is 0.138 e. The number of hydrogen-bond donors (Lipinski definition) is 1. The molecule has 0 spiro atoms. The summed E-state index contributed by atoms with van der Waals surface area (Å²) in [4.78, 5) is 9.23. The van der Waals surface area contributed by atoms with E-state index in [9.17, 15) is 0 Å². The Hall–Kier alpha value is -1.90. The third-order valence-corrected chi connectivity index (χ3v) is 3.91.